The molecule has 1 aliphatic rings. The topological polar surface area (TPSA) is 49.8 Å². The van der Waals surface area contributed by atoms with E-state index >= 15 is 0 Å². The normalized spacial score (nSPS) is 16.5. The van der Waals surface area contributed by atoms with Gasteiger partial charge in [0.05, 0.1) is 22.9 Å². The van der Waals surface area contributed by atoms with Crippen molar-refractivity contribution in [1.82, 2.24) is 15.3 Å². The Labute approximate surface area is 126 Å². The van der Waals surface area contributed by atoms with E-state index in [9.17, 15) is 0 Å². The van der Waals surface area contributed by atoms with Gasteiger partial charge in [0.15, 0.2) is 0 Å². The van der Waals surface area contributed by atoms with Crippen molar-refractivity contribution in [3.63, 3.8) is 0 Å². The molecule has 2 aromatic rings. The summed E-state index contributed by atoms with van der Waals surface area (Å²) in [4.78, 5) is 9.23. The zero-order valence-electron chi connectivity index (χ0n) is 12.9. The highest BCUT2D eigenvalue weighted by Gasteiger charge is 2.12. The molecule has 0 radical (unpaired) electrons. The van der Waals surface area contributed by atoms with Crippen molar-refractivity contribution in [1.29, 1.82) is 0 Å². The summed E-state index contributed by atoms with van der Waals surface area (Å²) in [5.74, 6) is 1.21. The van der Waals surface area contributed by atoms with Crippen molar-refractivity contribution in [3.05, 3.63) is 30.1 Å². The van der Waals surface area contributed by atoms with Gasteiger partial charge in [0.25, 0.3) is 0 Å². The zero-order chi connectivity index (χ0) is 14.7. The van der Waals surface area contributed by atoms with E-state index in [2.05, 4.69) is 47.7 Å². The molecule has 0 saturated carbocycles. The Kier molecular flexibility index (Phi) is 4.34. The summed E-state index contributed by atoms with van der Waals surface area (Å²) in [6.45, 7) is 7.64. The minimum atomic E-state index is 0.445. The van der Waals surface area contributed by atoms with Crippen LogP contribution in [0.25, 0.3) is 11.0 Å². The van der Waals surface area contributed by atoms with Crippen LogP contribution in [0.2, 0.25) is 0 Å². The average Bonchev–Trinajstić information content (AvgIpc) is 2.53. The van der Waals surface area contributed by atoms with Gasteiger partial charge in [-0.05, 0) is 56.0 Å². The molecule has 0 aromatic carbocycles. The summed E-state index contributed by atoms with van der Waals surface area (Å²) < 4.78 is 0. The molecule has 0 amide bonds. The lowest BCUT2D eigenvalue weighted by Gasteiger charge is -2.23. The molecule has 112 valence electrons. The van der Waals surface area contributed by atoms with E-state index in [4.69, 9.17) is 4.98 Å². The van der Waals surface area contributed by atoms with Crippen molar-refractivity contribution in [2.24, 2.45) is 5.92 Å². The molecule has 1 fully saturated rings. The third-order valence-electron chi connectivity index (χ3n) is 4.20. The van der Waals surface area contributed by atoms with Crippen molar-refractivity contribution in [2.45, 2.75) is 32.6 Å². The summed E-state index contributed by atoms with van der Waals surface area (Å²) in [5, 5.41) is 6.93. The number of nitrogens with one attached hydrogen (secondary N) is 2. The number of pyridine rings is 2. The molecule has 1 saturated heterocycles. The largest absolute Gasteiger partial charge is 0.383 e. The van der Waals surface area contributed by atoms with E-state index in [0.717, 1.165) is 48.0 Å². The summed E-state index contributed by atoms with van der Waals surface area (Å²) in [5.41, 5.74) is 4.15. The molecular formula is C17H24N4. The first-order valence-electron chi connectivity index (χ1n) is 7.93. The minimum absolute atomic E-state index is 0.445. The highest BCUT2D eigenvalue weighted by molar-refractivity contribution is 5.77. The maximum atomic E-state index is 4.72. The number of aromatic nitrogens is 2. The number of hydrogen-bond acceptors (Lipinski definition) is 4. The van der Waals surface area contributed by atoms with Gasteiger partial charge >= 0.3 is 0 Å². The Hall–Kier alpha value is -1.68. The van der Waals surface area contributed by atoms with Crippen LogP contribution < -0.4 is 10.6 Å². The summed E-state index contributed by atoms with van der Waals surface area (Å²) in [6, 6.07) is 6.26. The van der Waals surface area contributed by atoms with Gasteiger partial charge in [-0.25, -0.2) is 0 Å². The number of hydrogen-bond donors (Lipinski definition) is 2. The van der Waals surface area contributed by atoms with E-state index in [1.807, 2.05) is 6.20 Å². The van der Waals surface area contributed by atoms with Crippen LogP contribution in [0, 0.1) is 5.92 Å². The third kappa shape index (κ3) is 3.50. The molecule has 4 heteroatoms. The van der Waals surface area contributed by atoms with Gasteiger partial charge in [0.1, 0.15) is 0 Å². The predicted molar refractivity (Wildman–Crippen MR) is 87.7 cm³/mol. The maximum absolute atomic E-state index is 4.72. The first-order valence-corrected chi connectivity index (χ1v) is 7.93. The van der Waals surface area contributed by atoms with Crippen molar-refractivity contribution in [3.8, 4) is 0 Å². The Morgan fingerprint density at radius 2 is 2.05 bits per heavy atom. The minimum Gasteiger partial charge on any atom is -0.383 e. The van der Waals surface area contributed by atoms with Crippen LogP contribution in [0.15, 0.2) is 24.4 Å². The highest BCUT2D eigenvalue weighted by Crippen LogP contribution is 2.20. The van der Waals surface area contributed by atoms with Crippen LogP contribution in [-0.4, -0.2) is 29.6 Å². The Balaban J connectivity index is 1.73. The first-order chi connectivity index (χ1) is 10.2. The molecule has 21 heavy (non-hydrogen) atoms. The SMILES string of the molecule is CC(C)c1ccc2ncc(NCC3CCNCC3)cc2n1. The molecule has 2 aromatic heterocycles. The number of fused-ring (bicyclic) bond motifs is 1. The average molecular weight is 284 g/mol. The summed E-state index contributed by atoms with van der Waals surface area (Å²) in [6.07, 6.45) is 4.42. The van der Waals surface area contributed by atoms with Crippen LogP contribution in [0.4, 0.5) is 5.69 Å². The first kappa shape index (κ1) is 14.3. The molecule has 1 aliphatic heterocycles. The van der Waals surface area contributed by atoms with Crippen molar-refractivity contribution < 1.29 is 0 Å². The summed E-state index contributed by atoms with van der Waals surface area (Å²) in [7, 11) is 0. The molecule has 2 N–H and O–H groups in total. The molecule has 0 unspecified atom stereocenters. The quantitative estimate of drug-likeness (QED) is 0.905. The maximum Gasteiger partial charge on any atom is 0.0910 e. The van der Waals surface area contributed by atoms with Gasteiger partial charge < -0.3 is 10.6 Å². The second-order valence-electron chi connectivity index (χ2n) is 6.23. The fourth-order valence-electron chi connectivity index (χ4n) is 2.79. The fraction of sp³-hybridized carbons (Fsp3) is 0.529. The molecule has 4 nitrogen and oxygen atoms in total. The fourth-order valence-corrected chi connectivity index (χ4v) is 2.79. The Morgan fingerprint density at radius 3 is 2.81 bits per heavy atom. The molecule has 0 atom stereocenters. The van der Waals surface area contributed by atoms with Crippen LogP contribution in [0.5, 0.6) is 0 Å². The lowest BCUT2D eigenvalue weighted by Crippen LogP contribution is -2.31. The van der Waals surface area contributed by atoms with Crippen LogP contribution >= 0.6 is 0 Å². The molecular weight excluding hydrogens is 260 g/mol. The Bertz CT molecular complexity index is 603. The van der Waals surface area contributed by atoms with Gasteiger partial charge in [0, 0.05) is 12.2 Å². The standard InChI is InChI=1S/C17H24N4/c1-12(2)15-3-4-16-17(21-15)9-14(11-20-16)19-10-13-5-7-18-8-6-13/h3-4,9,11-13,18-19H,5-8,10H2,1-2H3. The van der Waals surface area contributed by atoms with Gasteiger partial charge in [-0.3, -0.25) is 9.97 Å². The zero-order valence-corrected chi connectivity index (χ0v) is 12.9. The number of nitrogens with zero attached hydrogens (tertiary/aromatic N) is 2. The van der Waals surface area contributed by atoms with Gasteiger partial charge in [0.2, 0.25) is 0 Å². The van der Waals surface area contributed by atoms with Gasteiger partial charge in [-0.2, -0.15) is 0 Å². The highest BCUT2D eigenvalue weighted by atomic mass is 14.9. The Morgan fingerprint density at radius 1 is 1.24 bits per heavy atom. The molecule has 3 rings (SSSR count). The van der Waals surface area contributed by atoms with Crippen LogP contribution in [0.3, 0.4) is 0 Å². The van der Waals surface area contributed by atoms with Crippen LogP contribution in [0.1, 0.15) is 38.3 Å². The smallest absolute Gasteiger partial charge is 0.0910 e. The molecule has 0 aliphatic carbocycles. The van der Waals surface area contributed by atoms with Crippen LogP contribution in [-0.2, 0) is 0 Å². The lowest BCUT2D eigenvalue weighted by atomic mass is 9.98. The van der Waals surface area contributed by atoms with Gasteiger partial charge in [-0.1, -0.05) is 13.8 Å². The second kappa shape index (κ2) is 6.39. The number of rotatable bonds is 4. The monoisotopic (exact) mass is 284 g/mol. The van der Waals surface area contributed by atoms with E-state index < -0.39 is 0 Å². The van der Waals surface area contributed by atoms with Crippen molar-refractivity contribution in [2.75, 3.05) is 25.0 Å². The van der Waals surface area contributed by atoms with Gasteiger partial charge in [-0.15, -0.1) is 0 Å². The third-order valence-corrected chi connectivity index (χ3v) is 4.20. The predicted octanol–water partition coefficient (Wildman–Crippen LogP) is 3.16. The van der Waals surface area contributed by atoms with E-state index in [1.165, 1.54) is 12.8 Å². The van der Waals surface area contributed by atoms with E-state index in [1.54, 1.807) is 0 Å². The van der Waals surface area contributed by atoms with E-state index in [0.29, 0.717) is 5.92 Å². The number of piperidine rings is 1. The van der Waals surface area contributed by atoms with E-state index in [-0.39, 0.29) is 0 Å². The second-order valence-corrected chi connectivity index (χ2v) is 6.23. The lowest BCUT2D eigenvalue weighted by molar-refractivity contribution is 0.390. The molecule has 3 heterocycles. The molecule has 0 bridgehead atoms. The number of anilines is 1. The van der Waals surface area contributed by atoms with Crippen molar-refractivity contribution >= 4 is 16.7 Å². The summed E-state index contributed by atoms with van der Waals surface area (Å²) >= 11 is 0. The molecule has 0 spiro atoms.